The monoisotopic (exact) mass is 249 g/mol. The lowest BCUT2D eigenvalue weighted by molar-refractivity contribution is 0.610. The van der Waals surface area contributed by atoms with Gasteiger partial charge in [0, 0.05) is 16.3 Å². The van der Waals surface area contributed by atoms with Gasteiger partial charge >= 0.3 is 0 Å². The summed E-state index contributed by atoms with van der Waals surface area (Å²) in [5.74, 6) is -0.253. The van der Waals surface area contributed by atoms with E-state index in [4.69, 9.17) is 17.3 Å². The Labute approximate surface area is 105 Å². The Balaban J connectivity index is 2.16. The fourth-order valence-corrected chi connectivity index (χ4v) is 2.03. The molecule has 0 aromatic heterocycles. The first-order valence-electron chi connectivity index (χ1n) is 5.45. The second kappa shape index (κ2) is 5.19. The Morgan fingerprint density at radius 2 is 1.76 bits per heavy atom. The van der Waals surface area contributed by atoms with Crippen LogP contribution in [0.15, 0.2) is 42.5 Å². The fourth-order valence-electron chi connectivity index (χ4n) is 1.80. The molecule has 0 heterocycles. The number of nitrogen functional groups attached to an aromatic ring is 1. The van der Waals surface area contributed by atoms with Gasteiger partial charge in [-0.25, -0.2) is 4.39 Å². The van der Waals surface area contributed by atoms with Crippen LogP contribution < -0.4 is 5.73 Å². The van der Waals surface area contributed by atoms with Gasteiger partial charge in [-0.2, -0.15) is 0 Å². The molecule has 0 aliphatic rings. The third-order valence-electron chi connectivity index (χ3n) is 2.76. The second-order valence-corrected chi connectivity index (χ2v) is 4.31. The van der Waals surface area contributed by atoms with Crippen molar-refractivity contribution in [2.24, 2.45) is 0 Å². The summed E-state index contributed by atoms with van der Waals surface area (Å²) in [5, 5.41) is 0.711. The largest absolute Gasteiger partial charge is 0.398 e. The molecule has 88 valence electrons. The smallest absolute Gasteiger partial charge is 0.128 e. The molecule has 17 heavy (non-hydrogen) atoms. The van der Waals surface area contributed by atoms with Crippen molar-refractivity contribution in [2.45, 2.75) is 12.8 Å². The van der Waals surface area contributed by atoms with Crippen molar-refractivity contribution in [3.05, 3.63) is 64.4 Å². The summed E-state index contributed by atoms with van der Waals surface area (Å²) in [6.45, 7) is 0. The van der Waals surface area contributed by atoms with Crippen LogP contribution in [-0.2, 0) is 12.8 Å². The Morgan fingerprint density at radius 3 is 2.47 bits per heavy atom. The van der Waals surface area contributed by atoms with E-state index in [1.807, 2.05) is 24.3 Å². The van der Waals surface area contributed by atoms with E-state index < -0.39 is 0 Å². The first kappa shape index (κ1) is 11.9. The van der Waals surface area contributed by atoms with Crippen molar-refractivity contribution < 1.29 is 4.39 Å². The highest BCUT2D eigenvalue weighted by Gasteiger charge is 2.07. The maximum Gasteiger partial charge on any atom is 0.128 e. The second-order valence-electron chi connectivity index (χ2n) is 3.90. The van der Waals surface area contributed by atoms with E-state index in [-0.39, 0.29) is 5.82 Å². The molecule has 0 fully saturated rings. The van der Waals surface area contributed by atoms with Gasteiger partial charge in [-0.1, -0.05) is 35.9 Å². The van der Waals surface area contributed by atoms with E-state index in [9.17, 15) is 4.39 Å². The minimum Gasteiger partial charge on any atom is -0.398 e. The molecular weight excluding hydrogens is 237 g/mol. The van der Waals surface area contributed by atoms with Crippen LogP contribution in [-0.4, -0.2) is 0 Å². The van der Waals surface area contributed by atoms with Crippen LogP contribution in [0.2, 0.25) is 5.02 Å². The summed E-state index contributed by atoms with van der Waals surface area (Å²) < 4.78 is 13.5. The lowest BCUT2D eigenvalue weighted by Gasteiger charge is -2.08. The number of anilines is 1. The zero-order chi connectivity index (χ0) is 12.3. The summed E-state index contributed by atoms with van der Waals surface area (Å²) in [7, 11) is 0. The highest BCUT2D eigenvalue weighted by molar-refractivity contribution is 6.31. The molecule has 0 spiro atoms. The first-order chi connectivity index (χ1) is 8.18. The van der Waals surface area contributed by atoms with Crippen LogP contribution in [0.4, 0.5) is 10.1 Å². The Morgan fingerprint density at radius 1 is 1.00 bits per heavy atom. The third kappa shape index (κ3) is 2.77. The van der Waals surface area contributed by atoms with Crippen molar-refractivity contribution in [1.29, 1.82) is 0 Å². The lowest BCUT2D eigenvalue weighted by Crippen LogP contribution is -2.00. The average Bonchev–Trinajstić information content (AvgIpc) is 2.30. The molecule has 0 radical (unpaired) electrons. The van der Waals surface area contributed by atoms with Crippen LogP contribution in [0.3, 0.4) is 0 Å². The van der Waals surface area contributed by atoms with Crippen LogP contribution in [0.25, 0.3) is 0 Å². The van der Waals surface area contributed by atoms with Gasteiger partial charge in [-0.15, -0.1) is 0 Å². The van der Waals surface area contributed by atoms with Gasteiger partial charge in [-0.05, 0) is 36.6 Å². The lowest BCUT2D eigenvalue weighted by atomic mass is 10.0. The molecule has 2 N–H and O–H groups in total. The number of benzene rings is 2. The fraction of sp³-hybridized carbons (Fsp3) is 0.143. The number of aryl methyl sites for hydroxylation is 1. The predicted molar refractivity (Wildman–Crippen MR) is 69.7 cm³/mol. The van der Waals surface area contributed by atoms with Crippen LogP contribution >= 0.6 is 11.6 Å². The maximum absolute atomic E-state index is 13.5. The third-order valence-corrected chi connectivity index (χ3v) is 3.13. The molecular formula is C14H13ClFN. The Kier molecular flexibility index (Phi) is 3.64. The SMILES string of the molecule is Nc1cccc(F)c1CCc1ccccc1Cl. The van der Waals surface area contributed by atoms with E-state index in [1.54, 1.807) is 12.1 Å². The normalized spacial score (nSPS) is 10.5. The zero-order valence-electron chi connectivity index (χ0n) is 9.29. The summed E-state index contributed by atoms with van der Waals surface area (Å²) in [5.41, 5.74) is 7.82. The van der Waals surface area contributed by atoms with Gasteiger partial charge in [-0.3, -0.25) is 0 Å². The van der Waals surface area contributed by atoms with Gasteiger partial charge in [0.1, 0.15) is 5.82 Å². The highest BCUT2D eigenvalue weighted by atomic mass is 35.5. The molecule has 2 rings (SSSR count). The molecule has 2 aromatic rings. The quantitative estimate of drug-likeness (QED) is 0.822. The van der Waals surface area contributed by atoms with E-state index in [2.05, 4.69) is 0 Å². The highest BCUT2D eigenvalue weighted by Crippen LogP contribution is 2.21. The molecule has 0 bridgehead atoms. The van der Waals surface area contributed by atoms with E-state index in [1.165, 1.54) is 6.07 Å². The maximum atomic E-state index is 13.5. The molecule has 2 aromatic carbocycles. The standard InChI is InChI=1S/C14H13ClFN/c15-12-5-2-1-4-10(12)8-9-11-13(16)6-3-7-14(11)17/h1-7H,8-9,17H2. The number of rotatable bonds is 3. The van der Waals surface area contributed by atoms with Crippen molar-refractivity contribution in [1.82, 2.24) is 0 Å². The van der Waals surface area contributed by atoms with Gasteiger partial charge in [0.2, 0.25) is 0 Å². The zero-order valence-corrected chi connectivity index (χ0v) is 10.0. The van der Waals surface area contributed by atoms with Crippen LogP contribution in [0.1, 0.15) is 11.1 Å². The molecule has 0 unspecified atom stereocenters. The number of nitrogens with two attached hydrogens (primary N) is 1. The van der Waals surface area contributed by atoms with Gasteiger partial charge in [0.15, 0.2) is 0 Å². The topological polar surface area (TPSA) is 26.0 Å². The van der Waals surface area contributed by atoms with Crippen LogP contribution in [0, 0.1) is 5.82 Å². The molecule has 0 amide bonds. The summed E-state index contributed by atoms with van der Waals surface area (Å²) in [4.78, 5) is 0. The van der Waals surface area contributed by atoms with E-state index in [0.29, 0.717) is 29.1 Å². The summed E-state index contributed by atoms with van der Waals surface area (Å²) >= 11 is 6.05. The van der Waals surface area contributed by atoms with Crippen molar-refractivity contribution in [2.75, 3.05) is 5.73 Å². The molecule has 3 heteroatoms. The number of hydrogen-bond acceptors (Lipinski definition) is 1. The van der Waals surface area contributed by atoms with Gasteiger partial charge in [0.25, 0.3) is 0 Å². The molecule has 1 nitrogen and oxygen atoms in total. The summed E-state index contributed by atoms with van der Waals surface area (Å²) in [6, 6.07) is 12.3. The number of hydrogen-bond donors (Lipinski definition) is 1. The minimum absolute atomic E-state index is 0.253. The average molecular weight is 250 g/mol. The first-order valence-corrected chi connectivity index (χ1v) is 5.82. The minimum atomic E-state index is -0.253. The summed E-state index contributed by atoms with van der Waals surface area (Å²) in [6.07, 6.45) is 1.24. The molecule has 0 atom stereocenters. The van der Waals surface area contributed by atoms with Gasteiger partial charge in [0.05, 0.1) is 0 Å². The van der Waals surface area contributed by atoms with Gasteiger partial charge < -0.3 is 5.73 Å². The molecule has 0 saturated carbocycles. The van der Waals surface area contributed by atoms with Crippen LogP contribution in [0.5, 0.6) is 0 Å². The predicted octanol–water partition coefficient (Wildman–Crippen LogP) is 3.85. The Hall–Kier alpha value is -1.54. The number of halogens is 2. The molecule has 0 aliphatic heterocycles. The molecule has 0 aliphatic carbocycles. The molecule has 0 saturated heterocycles. The van der Waals surface area contributed by atoms with Crippen molar-refractivity contribution >= 4 is 17.3 Å². The van der Waals surface area contributed by atoms with E-state index >= 15 is 0 Å². The van der Waals surface area contributed by atoms with E-state index in [0.717, 1.165) is 5.56 Å². The Bertz CT molecular complexity index is 505. The van der Waals surface area contributed by atoms with Crippen molar-refractivity contribution in [3.63, 3.8) is 0 Å². The van der Waals surface area contributed by atoms with Crippen molar-refractivity contribution in [3.8, 4) is 0 Å².